The Bertz CT molecular complexity index is 240. The van der Waals surface area contributed by atoms with Gasteiger partial charge in [0.15, 0.2) is 5.17 Å². The molecule has 0 aromatic carbocycles. The number of carbonyl (C=O) groups is 1. The second kappa shape index (κ2) is 5.24. The van der Waals surface area contributed by atoms with Gasteiger partial charge in [0.2, 0.25) is 5.91 Å². The van der Waals surface area contributed by atoms with E-state index in [0.717, 1.165) is 11.7 Å². The van der Waals surface area contributed by atoms with Crippen LogP contribution in [0.3, 0.4) is 0 Å². The molecule has 0 saturated carbocycles. The molecule has 14 heavy (non-hydrogen) atoms. The Labute approximate surface area is 89.1 Å². The maximum atomic E-state index is 11.2. The van der Waals surface area contributed by atoms with Crippen LogP contribution in [0.15, 0.2) is 4.99 Å². The molecule has 1 rings (SSSR count). The number of amides is 1. The molecule has 1 unspecified atom stereocenters. The summed E-state index contributed by atoms with van der Waals surface area (Å²) in [5.41, 5.74) is 0. The second-order valence-corrected chi connectivity index (χ2v) is 4.97. The molecule has 1 aliphatic rings. The summed E-state index contributed by atoms with van der Waals surface area (Å²) in [4.78, 5) is 17.1. The van der Waals surface area contributed by atoms with Gasteiger partial charge in [-0.3, -0.25) is 9.79 Å². The van der Waals surface area contributed by atoms with E-state index in [-0.39, 0.29) is 5.91 Å². The van der Waals surface area contributed by atoms with E-state index in [1.807, 2.05) is 0 Å². The molecule has 1 N–H and O–H groups in total. The summed E-state index contributed by atoms with van der Waals surface area (Å²) in [6, 6.07) is 0. The first-order valence-electron chi connectivity index (χ1n) is 4.74. The van der Waals surface area contributed by atoms with Crippen LogP contribution in [0.4, 0.5) is 0 Å². The lowest BCUT2D eigenvalue weighted by atomic mass is 10.4. The standard InChI is InChI=1S/C9H17N3OS/c1-7-6-11-9(14-7)10-5-4-8(13)12(2)3/h7H,4-6H2,1-3H3,(H,10,11). The van der Waals surface area contributed by atoms with Gasteiger partial charge in [-0.2, -0.15) is 0 Å². The normalized spacial score (nSPS) is 20.5. The average molecular weight is 215 g/mol. The molecule has 1 amide bonds. The Morgan fingerprint density at radius 2 is 2.43 bits per heavy atom. The van der Waals surface area contributed by atoms with E-state index in [0.29, 0.717) is 18.2 Å². The largest absolute Gasteiger partial charge is 0.364 e. The van der Waals surface area contributed by atoms with E-state index < -0.39 is 0 Å². The summed E-state index contributed by atoms with van der Waals surface area (Å²) < 4.78 is 0. The average Bonchev–Trinajstić information content (AvgIpc) is 2.51. The van der Waals surface area contributed by atoms with E-state index in [2.05, 4.69) is 17.2 Å². The Balaban J connectivity index is 2.13. The van der Waals surface area contributed by atoms with Crippen molar-refractivity contribution in [2.45, 2.75) is 18.6 Å². The summed E-state index contributed by atoms with van der Waals surface area (Å²) in [5, 5.41) is 4.71. The van der Waals surface area contributed by atoms with Crippen molar-refractivity contribution in [3.8, 4) is 0 Å². The lowest BCUT2D eigenvalue weighted by Gasteiger charge is -2.10. The Morgan fingerprint density at radius 1 is 1.71 bits per heavy atom. The quantitative estimate of drug-likeness (QED) is 0.747. The number of aliphatic imine (C=N–C) groups is 1. The Hall–Kier alpha value is -0.710. The smallest absolute Gasteiger partial charge is 0.223 e. The molecule has 0 aromatic heterocycles. The minimum absolute atomic E-state index is 0.147. The minimum atomic E-state index is 0.147. The fraction of sp³-hybridized carbons (Fsp3) is 0.778. The molecule has 80 valence electrons. The topological polar surface area (TPSA) is 44.7 Å². The number of amidine groups is 1. The third-order valence-corrected chi connectivity index (χ3v) is 2.97. The SMILES string of the molecule is CC1CN=C(NCCC(=O)N(C)C)S1. The molecule has 0 spiro atoms. The molecule has 1 atom stereocenters. The monoisotopic (exact) mass is 215 g/mol. The van der Waals surface area contributed by atoms with Gasteiger partial charge in [-0.15, -0.1) is 0 Å². The number of hydrogen-bond donors (Lipinski definition) is 1. The van der Waals surface area contributed by atoms with Crippen LogP contribution in [0, 0.1) is 0 Å². The Kier molecular flexibility index (Phi) is 4.25. The maximum Gasteiger partial charge on any atom is 0.223 e. The van der Waals surface area contributed by atoms with Crippen molar-refractivity contribution in [3.63, 3.8) is 0 Å². The van der Waals surface area contributed by atoms with Crippen molar-refractivity contribution in [2.24, 2.45) is 4.99 Å². The number of nitrogens with one attached hydrogen (secondary N) is 1. The van der Waals surface area contributed by atoms with Gasteiger partial charge < -0.3 is 10.2 Å². The van der Waals surface area contributed by atoms with Crippen molar-refractivity contribution >= 4 is 22.8 Å². The van der Waals surface area contributed by atoms with E-state index >= 15 is 0 Å². The number of hydrogen-bond acceptors (Lipinski definition) is 4. The molecular weight excluding hydrogens is 198 g/mol. The molecule has 0 aliphatic carbocycles. The third-order valence-electron chi connectivity index (χ3n) is 1.92. The summed E-state index contributed by atoms with van der Waals surface area (Å²) >= 11 is 1.74. The van der Waals surface area contributed by atoms with E-state index in [4.69, 9.17) is 0 Å². The van der Waals surface area contributed by atoms with Crippen LogP contribution in [0.25, 0.3) is 0 Å². The lowest BCUT2D eigenvalue weighted by Crippen LogP contribution is -2.28. The van der Waals surface area contributed by atoms with Gasteiger partial charge in [0.1, 0.15) is 0 Å². The minimum Gasteiger partial charge on any atom is -0.364 e. The van der Waals surface area contributed by atoms with Crippen LogP contribution in [0.1, 0.15) is 13.3 Å². The first kappa shape index (κ1) is 11.4. The van der Waals surface area contributed by atoms with Crippen molar-refractivity contribution in [3.05, 3.63) is 0 Å². The van der Waals surface area contributed by atoms with Gasteiger partial charge in [0, 0.05) is 32.3 Å². The van der Waals surface area contributed by atoms with Crippen LogP contribution in [0.2, 0.25) is 0 Å². The van der Waals surface area contributed by atoms with Gasteiger partial charge in [0.05, 0.1) is 6.54 Å². The second-order valence-electron chi connectivity index (χ2n) is 3.54. The van der Waals surface area contributed by atoms with E-state index in [1.54, 1.807) is 30.8 Å². The molecule has 1 aliphatic heterocycles. The lowest BCUT2D eigenvalue weighted by molar-refractivity contribution is -0.128. The van der Waals surface area contributed by atoms with Gasteiger partial charge in [-0.1, -0.05) is 18.7 Å². The van der Waals surface area contributed by atoms with E-state index in [9.17, 15) is 4.79 Å². The van der Waals surface area contributed by atoms with Crippen LogP contribution in [0.5, 0.6) is 0 Å². The maximum absolute atomic E-state index is 11.2. The van der Waals surface area contributed by atoms with Crippen molar-refractivity contribution in [2.75, 3.05) is 27.2 Å². The van der Waals surface area contributed by atoms with Crippen molar-refractivity contribution in [1.82, 2.24) is 10.2 Å². The zero-order valence-electron chi connectivity index (χ0n) is 8.91. The highest BCUT2D eigenvalue weighted by atomic mass is 32.2. The van der Waals surface area contributed by atoms with Gasteiger partial charge >= 0.3 is 0 Å². The molecule has 0 saturated heterocycles. The summed E-state index contributed by atoms with van der Waals surface area (Å²) in [5.74, 6) is 0.147. The van der Waals surface area contributed by atoms with Crippen LogP contribution >= 0.6 is 11.8 Å². The number of nitrogens with zero attached hydrogens (tertiary/aromatic N) is 2. The molecule has 0 radical (unpaired) electrons. The molecule has 0 fully saturated rings. The fourth-order valence-electron chi connectivity index (χ4n) is 1.07. The van der Waals surface area contributed by atoms with Gasteiger partial charge in [-0.25, -0.2) is 0 Å². The molecule has 5 heteroatoms. The van der Waals surface area contributed by atoms with Crippen LogP contribution in [-0.4, -0.2) is 48.4 Å². The zero-order valence-corrected chi connectivity index (χ0v) is 9.73. The summed E-state index contributed by atoms with van der Waals surface area (Å²) in [7, 11) is 3.54. The third kappa shape index (κ3) is 3.57. The molecule has 4 nitrogen and oxygen atoms in total. The summed E-state index contributed by atoms with van der Waals surface area (Å²) in [6.07, 6.45) is 0.529. The highest BCUT2D eigenvalue weighted by molar-refractivity contribution is 8.14. The number of thioether (sulfide) groups is 1. The number of rotatable bonds is 3. The van der Waals surface area contributed by atoms with Gasteiger partial charge in [0.25, 0.3) is 0 Å². The fourth-order valence-corrected chi connectivity index (χ4v) is 1.94. The molecule has 1 heterocycles. The molecule has 0 aromatic rings. The van der Waals surface area contributed by atoms with Crippen molar-refractivity contribution < 1.29 is 4.79 Å². The highest BCUT2D eigenvalue weighted by Crippen LogP contribution is 2.18. The Morgan fingerprint density at radius 3 is 2.93 bits per heavy atom. The van der Waals surface area contributed by atoms with Crippen LogP contribution in [-0.2, 0) is 4.79 Å². The first-order chi connectivity index (χ1) is 6.59. The molecular formula is C9H17N3OS. The number of carbonyl (C=O) groups excluding carboxylic acids is 1. The van der Waals surface area contributed by atoms with Crippen LogP contribution < -0.4 is 5.32 Å². The highest BCUT2D eigenvalue weighted by Gasteiger charge is 2.14. The predicted octanol–water partition coefficient (Wildman–Crippen LogP) is 0.546. The molecule has 0 bridgehead atoms. The first-order valence-corrected chi connectivity index (χ1v) is 5.62. The zero-order chi connectivity index (χ0) is 10.6. The van der Waals surface area contributed by atoms with Crippen molar-refractivity contribution in [1.29, 1.82) is 0 Å². The summed E-state index contributed by atoms with van der Waals surface area (Å²) in [6.45, 7) is 3.71. The van der Waals surface area contributed by atoms with E-state index in [1.165, 1.54) is 0 Å². The predicted molar refractivity (Wildman–Crippen MR) is 60.7 cm³/mol. The van der Waals surface area contributed by atoms with Gasteiger partial charge in [-0.05, 0) is 0 Å².